The molecule has 0 fully saturated rings. The molecule has 0 unspecified atom stereocenters. The summed E-state index contributed by atoms with van der Waals surface area (Å²) >= 11 is 1.14. The number of furan rings is 1. The molecule has 8 heteroatoms. The first-order valence-electron chi connectivity index (χ1n) is 7.42. The van der Waals surface area contributed by atoms with Gasteiger partial charge < -0.3 is 9.73 Å². The highest BCUT2D eigenvalue weighted by molar-refractivity contribution is 7.08. The van der Waals surface area contributed by atoms with E-state index >= 15 is 0 Å². The topological polar surface area (TPSA) is 85.8 Å². The predicted molar refractivity (Wildman–Crippen MR) is 86.2 cm³/mol. The van der Waals surface area contributed by atoms with Crippen molar-refractivity contribution in [3.8, 4) is 11.1 Å². The number of amides is 1. The Kier molecular flexibility index (Phi) is 4.82. The van der Waals surface area contributed by atoms with E-state index in [1.807, 2.05) is 12.3 Å². The van der Waals surface area contributed by atoms with Crippen LogP contribution in [-0.4, -0.2) is 31.8 Å². The summed E-state index contributed by atoms with van der Waals surface area (Å²) in [5.41, 5.74) is 2.75. The van der Waals surface area contributed by atoms with Gasteiger partial charge in [-0.1, -0.05) is 17.8 Å². The minimum atomic E-state index is -0.120. The van der Waals surface area contributed by atoms with Crippen LogP contribution in [0, 0.1) is 0 Å². The van der Waals surface area contributed by atoms with Crippen LogP contribution in [-0.2, 0) is 13.0 Å². The van der Waals surface area contributed by atoms with Crippen LogP contribution >= 0.6 is 11.5 Å². The number of carbonyl (C=O) groups is 1. The van der Waals surface area contributed by atoms with Crippen molar-refractivity contribution in [3.63, 3.8) is 0 Å². The summed E-state index contributed by atoms with van der Waals surface area (Å²) in [5.74, 6) is -0.120. The van der Waals surface area contributed by atoms with Crippen molar-refractivity contribution < 1.29 is 9.21 Å². The first kappa shape index (κ1) is 15.4. The normalized spacial score (nSPS) is 10.8. The van der Waals surface area contributed by atoms with Gasteiger partial charge in [0.1, 0.15) is 4.88 Å². The fourth-order valence-electron chi connectivity index (χ4n) is 2.21. The molecule has 1 N–H and O–H groups in total. The van der Waals surface area contributed by atoms with E-state index in [0.29, 0.717) is 18.0 Å². The molecule has 0 spiro atoms. The molecule has 0 saturated heterocycles. The van der Waals surface area contributed by atoms with Crippen molar-refractivity contribution in [3.05, 3.63) is 41.6 Å². The van der Waals surface area contributed by atoms with E-state index in [2.05, 4.69) is 26.9 Å². The van der Waals surface area contributed by atoms with Gasteiger partial charge in [0.25, 0.3) is 5.91 Å². The predicted octanol–water partition coefficient (Wildman–Crippen LogP) is 2.38. The van der Waals surface area contributed by atoms with Crippen LogP contribution in [0.5, 0.6) is 0 Å². The van der Waals surface area contributed by atoms with E-state index in [0.717, 1.165) is 41.2 Å². The van der Waals surface area contributed by atoms with Crippen molar-refractivity contribution in [1.82, 2.24) is 24.7 Å². The molecule has 3 aromatic rings. The van der Waals surface area contributed by atoms with Crippen molar-refractivity contribution in [2.24, 2.45) is 0 Å². The van der Waals surface area contributed by atoms with Crippen molar-refractivity contribution in [2.75, 3.05) is 6.54 Å². The van der Waals surface area contributed by atoms with Crippen molar-refractivity contribution >= 4 is 17.4 Å². The van der Waals surface area contributed by atoms with E-state index < -0.39 is 0 Å². The number of nitrogens with one attached hydrogen (secondary N) is 1. The number of aryl methyl sites for hydroxylation is 1. The maximum absolute atomic E-state index is 12.2. The zero-order chi connectivity index (χ0) is 16.1. The largest absolute Gasteiger partial charge is 0.472 e. The minimum Gasteiger partial charge on any atom is -0.472 e. The lowest BCUT2D eigenvalue weighted by Gasteiger charge is -2.04. The smallest absolute Gasteiger partial charge is 0.265 e. The molecule has 0 atom stereocenters. The molecule has 3 rings (SSSR count). The Hall–Kier alpha value is -2.48. The summed E-state index contributed by atoms with van der Waals surface area (Å²) < 4.78 is 10.7. The Labute approximate surface area is 137 Å². The third-order valence-corrected chi connectivity index (χ3v) is 4.13. The number of hydrogen-bond acceptors (Lipinski definition) is 6. The van der Waals surface area contributed by atoms with E-state index in [1.165, 1.54) is 0 Å². The summed E-state index contributed by atoms with van der Waals surface area (Å²) in [6.45, 7) is 3.14. The van der Waals surface area contributed by atoms with Crippen LogP contribution < -0.4 is 5.32 Å². The summed E-state index contributed by atoms with van der Waals surface area (Å²) in [7, 11) is 0. The Balaban J connectivity index is 1.53. The van der Waals surface area contributed by atoms with Gasteiger partial charge in [0.2, 0.25) is 0 Å². The van der Waals surface area contributed by atoms with Crippen LogP contribution in [0.15, 0.2) is 35.4 Å². The van der Waals surface area contributed by atoms with Crippen molar-refractivity contribution in [1.29, 1.82) is 0 Å². The summed E-state index contributed by atoms with van der Waals surface area (Å²) in [6.07, 6.45) is 8.72. The number of rotatable bonds is 7. The second-order valence-electron chi connectivity index (χ2n) is 5.06. The lowest BCUT2D eigenvalue weighted by Crippen LogP contribution is -2.27. The van der Waals surface area contributed by atoms with E-state index in [-0.39, 0.29) is 5.91 Å². The summed E-state index contributed by atoms with van der Waals surface area (Å²) in [4.78, 5) is 12.8. The number of aromatic nitrogens is 4. The van der Waals surface area contributed by atoms with Gasteiger partial charge in [0.15, 0.2) is 0 Å². The van der Waals surface area contributed by atoms with Gasteiger partial charge in [-0.15, -0.1) is 5.10 Å². The highest BCUT2D eigenvalue weighted by atomic mass is 32.1. The van der Waals surface area contributed by atoms with Gasteiger partial charge in [-0.3, -0.25) is 9.48 Å². The number of carbonyl (C=O) groups excluding carboxylic acids is 1. The molecule has 0 aliphatic rings. The Morgan fingerprint density at radius 2 is 2.35 bits per heavy atom. The number of hydrogen-bond donors (Lipinski definition) is 1. The van der Waals surface area contributed by atoms with Crippen LogP contribution in [0.3, 0.4) is 0 Å². The second-order valence-corrected chi connectivity index (χ2v) is 5.81. The van der Waals surface area contributed by atoms with Crippen LogP contribution in [0.4, 0.5) is 0 Å². The molecule has 0 bridgehead atoms. The van der Waals surface area contributed by atoms with Crippen molar-refractivity contribution in [2.45, 2.75) is 26.3 Å². The zero-order valence-electron chi connectivity index (χ0n) is 12.7. The van der Waals surface area contributed by atoms with Gasteiger partial charge in [-0.2, -0.15) is 5.10 Å². The fourth-order valence-corrected chi connectivity index (χ4v) is 2.83. The first-order valence-corrected chi connectivity index (χ1v) is 8.19. The second kappa shape index (κ2) is 7.19. The molecule has 0 aliphatic carbocycles. The van der Waals surface area contributed by atoms with Gasteiger partial charge >= 0.3 is 0 Å². The van der Waals surface area contributed by atoms with E-state index in [1.54, 1.807) is 23.4 Å². The molecule has 0 aromatic carbocycles. The molecule has 1 amide bonds. The first-order chi connectivity index (χ1) is 11.3. The van der Waals surface area contributed by atoms with E-state index in [9.17, 15) is 4.79 Å². The van der Waals surface area contributed by atoms with Crippen LogP contribution in [0.1, 0.15) is 28.7 Å². The molecule has 23 heavy (non-hydrogen) atoms. The molecule has 0 aliphatic heterocycles. The lowest BCUT2D eigenvalue weighted by molar-refractivity contribution is 0.0955. The molecule has 0 saturated carbocycles. The maximum atomic E-state index is 12.2. The average molecular weight is 331 g/mol. The van der Waals surface area contributed by atoms with Gasteiger partial charge in [-0.25, -0.2) is 0 Å². The fraction of sp³-hybridized carbons (Fsp3) is 0.333. The van der Waals surface area contributed by atoms with Crippen LogP contribution in [0.25, 0.3) is 11.1 Å². The molecule has 120 valence electrons. The Morgan fingerprint density at radius 1 is 1.43 bits per heavy atom. The average Bonchev–Trinajstić information content (AvgIpc) is 3.28. The van der Waals surface area contributed by atoms with Gasteiger partial charge in [0.05, 0.1) is 31.0 Å². The summed E-state index contributed by atoms with van der Waals surface area (Å²) in [6, 6.07) is 1.88. The highest BCUT2D eigenvalue weighted by Gasteiger charge is 2.15. The third-order valence-electron chi connectivity index (χ3n) is 3.36. The molecule has 3 heterocycles. The Bertz CT molecular complexity index is 763. The molecule has 3 aromatic heterocycles. The Morgan fingerprint density at radius 3 is 3.13 bits per heavy atom. The maximum Gasteiger partial charge on any atom is 0.265 e. The van der Waals surface area contributed by atoms with Gasteiger partial charge in [-0.05, 0) is 24.0 Å². The van der Waals surface area contributed by atoms with E-state index in [4.69, 9.17) is 4.42 Å². The zero-order valence-corrected chi connectivity index (χ0v) is 13.5. The quantitative estimate of drug-likeness (QED) is 0.718. The SMILES string of the molecule is CCCc1nnsc1C(=O)NCCn1cc(-c2ccoc2)cn1. The molecule has 0 radical (unpaired) electrons. The highest BCUT2D eigenvalue weighted by Crippen LogP contribution is 2.18. The van der Waals surface area contributed by atoms with Gasteiger partial charge in [0, 0.05) is 23.9 Å². The molecular weight excluding hydrogens is 314 g/mol. The third kappa shape index (κ3) is 3.65. The monoisotopic (exact) mass is 331 g/mol. The standard InChI is InChI=1S/C15H17N5O2S/c1-2-3-13-14(23-19-18-13)15(21)16-5-6-20-9-12(8-17-20)11-4-7-22-10-11/h4,7-10H,2-3,5-6H2,1H3,(H,16,21). The summed E-state index contributed by atoms with van der Waals surface area (Å²) in [5, 5.41) is 11.2. The minimum absolute atomic E-state index is 0.120. The molecular formula is C15H17N5O2S. The number of nitrogens with zero attached hydrogens (tertiary/aromatic N) is 4. The van der Waals surface area contributed by atoms with Crippen LogP contribution in [0.2, 0.25) is 0 Å². The molecule has 7 nitrogen and oxygen atoms in total. The lowest BCUT2D eigenvalue weighted by atomic mass is 10.2.